The average molecular weight is 585 g/mol. The van der Waals surface area contributed by atoms with Gasteiger partial charge in [-0.3, -0.25) is 19.2 Å². The highest BCUT2D eigenvalue weighted by Crippen LogP contribution is 2.45. The number of benzene rings is 1. The molecule has 0 radical (unpaired) electrons. The smallest absolute Gasteiger partial charge is 0.411 e. The number of carbonyl (C=O) groups excluding carboxylic acids is 3. The molecule has 1 saturated heterocycles. The van der Waals surface area contributed by atoms with Crippen molar-refractivity contribution in [3.05, 3.63) is 48.7 Å². The van der Waals surface area contributed by atoms with Crippen LogP contribution in [0.15, 0.2) is 43.1 Å². The quantitative estimate of drug-likeness (QED) is 0.451. The van der Waals surface area contributed by atoms with Crippen LogP contribution in [0.2, 0.25) is 0 Å². The molecule has 12 heteroatoms. The third kappa shape index (κ3) is 5.88. The number of hydrogen-bond donors (Lipinski definition) is 2. The van der Waals surface area contributed by atoms with Crippen LogP contribution in [0.4, 0.5) is 4.79 Å². The summed E-state index contributed by atoms with van der Waals surface area (Å²) < 4.78 is 38.9. The molecule has 3 aliphatic rings. The third-order valence-electron chi connectivity index (χ3n) is 7.71. The van der Waals surface area contributed by atoms with Gasteiger partial charge in [-0.05, 0) is 70.0 Å². The normalized spacial score (nSPS) is 25.9. The molecule has 2 aromatic rings. The molecule has 2 saturated carbocycles. The van der Waals surface area contributed by atoms with Crippen molar-refractivity contribution in [1.29, 1.82) is 0 Å². The molecule has 41 heavy (non-hydrogen) atoms. The second-order valence-corrected chi connectivity index (χ2v) is 14.1. The van der Waals surface area contributed by atoms with Crippen LogP contribution < -0.4 is 14.8 Å². The zero-order chi connectivity index (χ0) is 29.7. The minimum absolute atomic E-state index is 0.0526. The standard InChI is InChI=1S/C29H36N4O7S/c1-6-18-15-29(18,26(35)32-41(37,38)20-10-11-20)31-24(34)23-14-19(16-33(23)27(36)40-28(3,4)5)39-25-22-9-7-8-17(2)21(22)12-13-30-25/h6-9,12-13,18-20,23H,1,10-11,14-16H2,2-5H3,(H,31,34)(H,32,35). The second kappa shape index (κ2) is 10.3. The summed E-state index contributed by atoms with van der Waals surface area (Å²) in [5.74, 6) is -1.47. The first-order valence-electron chi connectivity index (χ1n) is 13.8. The molecule has 2 aliphatic carbocycles. The van der Waals surface area contributed by atoms with Crippen molar-refractivity contribution in [3.63, 3.8) is 0 Å². The van der Waals surface area contributed by atoms with Crippen LogP contribution in [0.25, 0.3) is 10.8 Å². The molecule has 2 N–H and O–H groups in total. The van der Waals surface area contributed by atoms with Crippen molar-refractivity contribution in [3.8, 4) is 5.88 Å². The van der Waals surface area contributed by atoms with E-state index in [1.54, 1.807) is 27.0 Å². The van der Waals surface area contributed by atoms with Crippen molar-refractivity contribution in [1.82, 2.24) is 19.9 Å². The highest BCUT2D eigenvalue weighted by molar-refractivity contribution is 7.91. The van der Waals surface area contributed by atoms with Crippen LogP contribution in [-0.4, -0.2) is 71.3 Å². The lowest BCUT2D eigenvalue weighted by Crippen LogP contribution is -2.56. The fraction of sp³-hybridized carbons (Fsp3) is 0.517. The number of nitrogens with zero attached hydrogens (tertiary/aromatic N) is 2. The summed E-state index contributed by atoms with van der Waals surface area (Å²) in [6.45, 7) is 11.0. The van der Waals surface area contributed by atoms with Gasteiger partial charge in [-0.2, -0.15) is 0 Å². The van der Waals surface area contributed by atoms with E-state index in [1.165, 1.54) is 11.0 Å². The van der Waals surface area contributed by atoms with Crippen LogP contribution in [0, 0.1) is 12.8 Å². The molecule has 220 valence electrons. The number of amides is 3. The van der Waals surface area contributed by atoms with Crippen LogP contribution in [-0.2, 0) is 24.3 Å². The molecule has 4 unspecified atom stereocenters. The van der Waals surface area contributed by atoms with Gasteiger partial charge in [0, 0.05) is 23.9 Å². The average Bonchev–Trinajstić information content (AvgIpc) is 3.80. The maximum Gasteiger partial charge on any atom is 0.411 e. The molecule has 0 spiro atoms. The van der Waals surface area contributed by atoms with Crippen molar-refractivity contribution >= 4 is 38.7 Å². The molecule has 1 aliphatic heterocycles. The Labute approximate surface area is 239 Å². The monoisotopic (exact) mass is 584 g/mol. The topological polar surface area (TPSA) is 144 Å². The Balaban J connectivity index is 1.38. The Morgan fingerprint density at radius 2 is 1.90 bits per heavy atom. The van der Waals surface area contributed by atoms with E-state index in [1.807, 2.05) is 31.2 Å². The molecule has 3 amide bonds. The van der Waals surface area contributed by atoms with Gasteiger partial charge in [0.05, 0.1) is 11.8 Å². The lowest BCUT2D eigenvalue weighted by atomic mass is 10.1. The van der Waals surface area contributed by atoms with Crippen molar-refractivity contribution in [2.45, 2.75) is 81.9 Å². The van der Waals surface area contributed by atoms with E-state index in [-0.39, 0.29) is 19.4 Å². The maximum absolute atomic E-state index is 13.7. The van der Waals surface area contributed by atoms with E-state index in [0.29, 0.717) is 18.7 Å². The van der Waals surface area contributed by atoms with Crippen molar-refractivity contribution < 1.29 is 32.3 Å². The SMILES string of the molecule is C=CC1CC1(NC(=O)C1CC(Oc2nccc3c(C)cccc23)CN1C(=O)OC(C)(C)C)C(=O)NS(=O)(=O)C1CC1. The molecular formula is C29H36N4O7S. The Morgan fingerprint density at radius 3 is 2.54 bits per heavy atom. The predicted molar refractivity (Wildman–Crippen MR) is 152 cm³/mol. The van der Waals surface area contributed by atoms with E-state index in [0.717, 1.165) is 16.3 Å². The lowest BCUT2D eigenvalue weighted by Gasteiger charge is -2.29. The number of pyridine rings is 1. The van der Waals surface area contributed by atoms with Crippen LogP contribution in [0.1, 0.15) is 52.0 Å². The number of nitrogens with one attached hydrogen (secondary N) is 2. The number of likely N-dealkylation sites (tertiary alicyclic amines) is 1. The molecule has 4 atom stereocenters. The Morgan fingerprint density at radius 1 is 1.17 bits per heavy atom. The van der Waals surface area contributed by atoms with Gasteiger partial charge in [0.15, 0.2) is 0 Å². The summed E-state index contributed by atoms with van der Waals surface area (Å²) in [5.41, 5.74) is -1.22. The lowest BCUT2D eigenvalue weighted by molar-refractivity contribution is -0.131. The van der Waals surface area contributed by atoms with Gasteiger partial charge in [-0.15, -0.1) is 6.58 Å². The zero-order valence-corrected chi connectivity index (χ0v) is 24.5. The zero-order valence-electron chi connectivity index (χ0n) is 23.7. The third-order valence-corrected chi connectivity index (χ3v) is 9.53. The summed E-state index contributed by atoms with van der Waals surface area (Å²) in [6, 6.07) is 6.67. The minimum atomic E-state index is -3.82. The fourth-order valence-corrected chi connectivity index (χ4v) is 6.63. The Bertz CT molecular complexity index is 1510. The van der Waals surface area contributed by atoms with Gasteiger partial charge < -0.3 is 14.8 Å². The van der Waals surface area contributed by atoms with Crippen LogP contribution in [0.5, 0.6) is 5.88 Å². The molecule has 1 aromatic carbocycles. The van der Waals surface area contributed by atoms with E-state index in [2.05, 4.69) is 21.6 Å². The molecule has 3 fully saturated rings. The van der Waals surface area contributed by atoms with Gasteiger partial charge in [-0.1, -0.05) is 18.2 Å². The van der Waals surface area contributed by atoms with Crippen LogP contribution >= 0.6 is 0 Å². The number of hydrogen-bond acceptors (Lipinski definition) is 8. The summed E-state index contributed by atoms with van der Waals surface area (Å²) in [6.07, 6.45) is 3.18. The van der Waals surface area contributed by atoms with Gasteiger partial charge in [0.2, 0.25) is 21.8 Å². The number of rotatable bonds is 8. The van der Waals surface area contributed by atoms with Gasteiger partial charge >= 0.3 is 6.09 Å². The van der Waals surface area contributed by atoms with E-state index in [9.17, 15) is 22.8 Å². The number of aryl methyl sites for hydroxylation is 1. The molecule has 0 bridgehead atoms. The Hall–Kier alpha value is -3.67. The number of aromatic nitrogens is 1. The maximum atomic E-state index is 13.7. The van der Waals surface area contributed by atoms with E-state index >= 15 is 0 Å². The Kier molecular flexibility index (Phi) is 7.25. The first kappa shape index (κ1) is 28.8. The minimum Gasteiger partial charge on any atom is -0.472 e. The van der Waals surface area contributed by atoms with Gasteiger partial charge in [0.25, 0.3) is 5.91 Å². The van der Waals surface area contributed by atoms with E-state index < -0.39 is 62.4 Å². The number of fused-ring (bicyclic) bond motifs is 1. The summed E-state index contributed by atoms with van der Waals surface area (Å²) >= 11 is 0. The largest absolute Gasteiger partial charge is 0.472 e. The van der Waals surface area contributed by atoms with Gasteiger partial charge in [0.1, 0.15) is 23.3 Å². The summed E-state index contributed by atoms with van der Waals surface area (Å²) in [5, 5.41) is 3.95. The first-order chi connectivity index (χ1) is 19.2. The number of sulfonamides is 1. The summed E-state index contributed by atoms with van der Waals surface area (Å²) in [4.78, 5) is 45.8. The second-order valence-electron chi connectivity index (χ2n) is 12.1. The number of ether oxygens (including phenoxy) is 2. The molecular weight excluding hydrogens is 548 g/mol. The molecule has 11 nitrogen and oxygen atoms in total. The molecule has 2 heterocycles. The van der Waals surface area contributed by atoms with Crippen LogP contribution in [0.3, 0.4) is 0 Å². The summed E-state index contributed by atoms with van der Waals surface area (Å²) in [7, 11) is -3.82. The first-order valence-corrected chi connectivity index (χ1v) is 15.3. The van der Waals surface area contributed by atoms with Gasteiger partial charge in [-0.25, -0.2) is 18.2 Å². The fourth-order valence-electron chi connectivity index (χ4n) is 5.26. The highest BCUT2D eigenvalue weighted by atomic mass is 32.2. The van der Waals surface area contributed by atoms with Crippen molar-refractivity contribution in [2.75, 3.05) is 6.54 Å². The molecule has 1 aromatic heterocycles. The predicted octanol–water partition coefficient (Wildman–Crippen LogP) is 2.97. The number of carbonyl (C=O) groups is 3. The van der Waals surface area contributed by atoms with E-state index in [4.69, 9.17) is 9.47 Å². The molecule has 5 rings (SSSR count). The highest BCUT2D eigenvalue weighted by Gasteiger charge is 2.62. The van der Waals surface area contributed by atoms with Crippen molar-refractivity contribution in [2.24, 2.45) is 5.92 Å².